The van der Waals surface area contributed by atoms with Gasteiger partial charge in [-0.1, -0.05) is 24.6 Å². The van der Waals surface area contributed by atoms with Gasteiger partial charge in [-0.3, -0.25) is 0 Å². The first kappa shape index (κ1) is 18.8. The second kappa shape index (κ2) is 8.50. The van der Waals surface area contributed by atoms with Gasteiger partial charge >= 0.3 is 0 Å². The molecule has 0 saturated heterocycles. The molecule has 0 N–H and O–H groups in total. The fourth-order valence-corrected chi connectivity index (χ4v) is 3.98. The number of benzene rings is 1. The van der Waals surface area contributed by atoms with Crippen LogP contribution in [0.15, 0.2) is 38.3 Å². The van der Waals surface area contributed by atoms with Crippen LogP contribution in [0.3, 0.4) is 0 Å². The van der Waals surface area contributed by atoms with Gasteiger partial charge in [0.25, 0.3) is 10.0 Å². The van der Waals surface area contributed by atoms with Gasteiger partial charge in [-0.15, -0.1) is 11.3 Å². The van der Waals surface area contributed by atoms with Crippen molar-refractivity contribution in [3.8, 4) is 11.5 Å². The van der Waals surface area contributed by atoms with Crippen molar-refractivity contribution >= 4 is 39.2 Å². The molecule has 1 aromatic carbocycles. The van der Waals surface area contributed by atoms with Crippen LogP contribution >= 0.6 is 22.9 Å². The molecule has 1 heterocycles. The molecule has 24 heavy (non-hydrogen) atoms. The van der Waals surface area contributed by atoms with Gasteiger partial charge in [0, 0.05) is 6.21 Å². The Morgan fingerprint density at radius 2 is 2.08 bits per heavy atom. The van der Waals surface area contributed by atoms with Gasteiger partial charge in [0.15, 0.2) is 11.5 Å². The minimum absolute atomic E-state index is 0.192. The van der Waals surface area contributed by atoms with Crippen molar-refractivity contribution in [3.05, 3.63) is 40.2 Å². The normalized spacial score (nSPS) is 11.8. The molecule has 0 bridgehead atoms. The Labute approximate surface area is 151 Å². The van der Waals surface area contributed by atoms with Gasteiger partial charge in [-0.25, -0.2) is 0 Å². The molecule has 2 rings (SSSR count). The highest BCUT2D eigenvalue weighted by Gasteiger charge is 2.14. The molecule has 0 unspecified atom stereocenters. The molecule has 0 aliphatic heterocycles. The van der Waals surface area contributed by atoms with Crippen molar-refractivity contribution in [1.29, 1.82) is 0 Å². The highest BCUT2D eigenvalue weighted by atomic mass is 35.5. The third-order valence-electron chi connectivity index (χ3n) is 2.87. The number of rotatable bonds is 8. The summed E-state index contributed by atoms with van der Waals surface area (Å²) in [5.74, 6) is 0.923. The molecule has 0 aliphatic carbocycles. The standard InChI is InChI=1S/C16H18ClNO4S2/c1-3-7-22-16-13(17)9-12(10-14(16)21-4-2)11-18-24(19,20)15-6-5-8-23-15/h5-6,8-11H,3-4,7H2,1-2H3/b18-11-. The van der Waals surface area contributed by atoms with E-state index in [2.05, 4.69) is 4.40 Å². The molecule has 130 valence electrons. The van der Waals surface area contributed by atoms with Crippen molar-refractivity contribution in [2.45, 2.75) is 24.5 Å². The fourth-order valence-electron chi connectivity index (χ4n) is 1.86. The van der Waals surface area contributed by atoms with E-state index in [4.69, 9.17) is 21.1 Å². The molecule has 5 nitrogen and oxygen atoms in total. The minimum atomic E-state index is -3.70. The number of ether oxygens (including phenoxy) is 2. The summed E-state index contributed by atoms with van der Waals surface area (Å²) < 4.78 is 39.2. The Morgan fingerprint density at radius 1 is 1.29 bits per heavy atom. The molecule has 0 spiro atoms. The van der Waals surface area contributed by atoms with E-state index >= 15 is 0 Å². The maximum Gasteiger partial charge on any atom is 0.291 e. The Hall–Kier alpha value is -1.57. The highest BCUT2D eigenvalue weighted by molar-refractivity contribution is 7.92. The number of sulfonamides is 1. The number of hydrogen-bond donors (Lipinski definition) is 0. The van der Waals surface area contributed by atoms with Gasteiger partial charge in [0.1, 0.15) is 4.21 Å². The molecule has 0 amide bonds. The second-order valence-corrected chi connectivity index (χ2v) is 7.97. The summed E-state index contributed by atoms with van der Waals surface area (Å²) in [5, 5.41) is 2.04. The first-order valence-electron chi connectivity index (χ1n) is 7.41. The zero-order chi connectivity index (χ0) is 17.6. The minimum Gasteiger partial charge on any atom is -0.490 e. The Kier molecular flexibility index (Phi) is 6.65. The summed E-state index contributed by atoms with van der Waals surface area (Å²) in [5.41, 5.74) is 0.521. The van der Waals surface area contributed by atoms with Crippen LogP contribution in [0.5, 0.6) is 11.5 Å². The Bertz CT molecular complexity index is 802. The maximum absolute atomic E-state index is 12.1. The van der Waals surface area contributed by atoms with Crippen LogP contribution in [0.4, 0.5) is 0 Å². The van der Waals surface area contributed by atoms with Crippen LogP contribution in [-0.4, -0.2) is 27.8 Å². The number of nitrogens with zero attached hydrogens (tertiary/aromatic N) is 1. The van der Waals surface area contributed by atoms with E-state index in [-0.39, 0.29) is 4.21 Å². The lowest BCUT2D eigenvalue weighted by molar-refractivity contribution is 0.277. The Balaban J connectivity index is 2.32. The van der Waals surface area contributed by atoms with Crippen molar-refractivity contribution in [2.24, 2.45) is 4.40 Å². The summed E-state index contributed by atoms with van der Waals surface area (Å²) in [7, 11) is -3.70. The zero-order valence-corrected chi connectivity index (χ0v) is 15.7. The Morgan fingerprint density at radius 3 is 2.71 bits per heavy atom. The smallest absolute Gasteiger partial charge is 0.291 e. The lowest BCUT2D eigenvalue weighted by Crippen LogP contribution is -2.02. The number of hydrogen-bond acceptors (Lipinski definition) is 5. The molecule has 1 aromatic heterocycles. The van der Waals surface area contributed by atoms with Crippen LogP contribution in [0.1, 0.15) is 25.8 Å². The van der Waals surface area contributed by atoms with Crippen molar-refractivity contribution in [2.75, 3.05) is 13.2 Å². The monoisotopic (exact) mass is 387 g/mol. The molecular formula is C16H18ClNO4S2. The first-order valence-corrected chi connectivity index (χ1v) is 10.1. The first-order chi connectivity index (χ1) is 11.5. The predicted molar refractivity (Wildman–Crippen MR) is 97.5 cm³/mol. The lowest BCUT2D eigenvalue weighted by atomic mass is 10.2. The van der Waals surface area contributed by atoms with Gasteiger partial charge in [-0.05, 0) is 42.5 Å². The molecule has 0 fully saturated rings. The van der Waals surface area contributed by atoms with E-state index in [1.165, 1.54) is 12.3 Å². The third kappa shape index (κ3) is 4.72. The van der Waals surface area contributed by atoms with Crippen molar-refractivity contribution in [1.82, 2.24) is 0 Å². The average Bonchev–Trinajstić information content (AvgIpc) is 3.08. The fraction of sp³-hybridized carbons (Fsp3) is 0.312. The molecule has 8 heteroatoms. The summed E-state index contributed by atoms with van der Waals surface area (Å²) >= 11 is 7.36. The van der Waals surface area contributed by atoms with Crippen LogP contribution in [0, 0.1) is 0 Å². The van der Waals surface area contributed by atoms with Gasteiger partial charge in [0.05, 0.1) is 18.2 Å². The summed E-state index contributed by atoms with van der Waals surface area (Å²) in [6, 6.07) is 6.44. The quantitative estimate of drug-likeness (QED) is 0.630. The molecule has 0 atom stereocenters. The highest BCUT2D eigenvalue weighted by Crippen LogP contribution is 2.36. The summed E-state index contributed by atoms with van der Waals surface area (Å²) in [6.45, 7) is 4.79. The lowest BCUT2D eigenvalue weighted by Gasteiger charge is -2.13. The summed E-state index contributed by atoms with van der Waals surface area (Å²) in [6.07, 6.45) is 2.09. The van der Waals surface area contributed by atoms with E-state index in [9.17, 15) is 8.42 Å². The van der Waals surface area contributed by atoms with E-state index in [0.717, 1.165) is 17.8 Å². The van der Waals surface area contributed by atoms with E-state index in [1.54, 1.807) is 23.6 Å². The number of halogens is 1. The van der Waals surface area contributed by atoms with Crippen molar-refractivity contribution < 1.29 is 17.9 Å². The van der Waals surface area contributed by atoms with E-state index in [1.807, 2.05) is 13.8 Å². The van der Waals surface area contributed by atoms with Gasteiger partial charge in [-0.2, -0.15) is 12.8 Å². The average molecular weight is 388 g/mol. The largest absolute Gasteiger partial charge is 0.490 e. The van der Waals surface area contributed by atoms with Crippen LogP contribution in [0.2, 0.25) is 5.02 Å². The second-order valence-electron chi connectivity index (χ2n) is 4.75. The number of thiophene rings is 1. The topological polar surface area (TPSA) is 65.0 Å². The van der Waals surface area contributed by atoms with E-state index < -0.39 is 10.0 Å². The maximum atomic E-state index is 12.1. The van der Waals surface area contributed by atoms with Crippen LogP contribution < -0.4 is 9.47 Å². The molecule has 0 saturated carbocycles. The molecule has 2 aromatic rings. The van der Waals surface area contributed by atoms with E-state index in [0.29, 0.717) is 35.3 Å². The molecular weight excluding hydrogens is 370 g/mol. The molecule has 0 aliphatic rings. The molecule has 0 radical (unpaired) electrons. The van der Waals surface area contributed by atoms with Crippen LogP contribution in [0.25, 0.3) is 0 Å². The van der Waals surface area contributed by atoms with Crippen LogP contribution in [-0.2, 0) is 10.0 Å². The SMILES string of the molecule is CCCOc1c(Cl)cc(/C=N\S(=O)(=O)c2cccs2)cc1OCC. The predicted octanol–water partition coefficient (Wildman–Crippen LogP) is 4.40. The van der Waals surface area contributed by atoms with Gasteiger partial charge < -0.3 is 9.47 Å². The third-order valence-corrected chi connectivity index (χ3v) is 5.76. The summed E-state index contributed by atoms with van der Waals surface area (Å²) in [4.78, 5) is 0. The zero-order valence-electron chi connectivity index (χ0n) is 13.4. The van der Waals surface area contributed by atoms with Crippen molar-refractivity contribution in [3.63, 3.8) is 0 Å². The van der Waals surface area contributed by atoms with Gasteiger partial charge in [0.2, 0.25) is 0 Å².